The number of alkyl carbamates (subject to hydrolysis) is 3. The zero-order chi connectivity index (χ0) is 44.8. The zero-order valence-electron chi connectivity index (χ0n) is 37.4. The van der Waals surface area contributed by atoms with E-state index in [0.29, 0.717) is 32.0 Å². The summed E-state index contributed by atoms with van der Waals surface area (Å²) in [6, 6.07) is 8.13. The van der Waals surface area contributed by atoms with Crippen molar-refractivity contribution in [2.75, 3.05) is 26.2 Å². The van der Waals surface area contributed by atoms with Crippen LogP contribution in [0.3, 0.4) is 0 Å². The number of ether oxygens (including phenoxy) is 3. The number of aldehydes is 1. The Hall–Kier alpha value is -3.98. The van der Waals surface area contributed by atoms with Crippen LogP contribution >= 0.6 is 11.3 Å². The van der Waals surface area contributed by atoms with Gasteiger partial charge in [-0.2, -0.15) is 0 Å². The maximum Gasteiger partial charge on any atom is 0.407 e. The quantitative estimate of drug-likeness (QED) is 0.0543. The molecule has 0 bridgehead atoms. The number of carboxylic acid groups (broad SMARTS) is 1. The SMILES string of the molecule is C[C@@H](CCCCNC(=O)OC(C)(C)C)C(=O)O.C[C@H](C=O)CCCCNC(=O)OC(C)(C)C.C[C@H](CO)CCCCNC(=O)OC(C)(C)C.c1ccc2scnc2c1. The Balaban J connectivity index is 0. The van der Waals surface area contributed by atoms with Crippen LogP contribution in [0.15, 0.2) is 29.8 Å². The number of aliphatic hydroxyl groups excluding tert-OH is 1. The Morgan fingerprint density at radius 2 is 1.10 bits per heavy atom. The van der Waals surface area contributed by atoms with Crippen molar-refractivity contribution in [1.29, 1.82) is 0 Å². The Morgan fingerprint density at radius 1 is 0.690 bits per heavy atom. The van der Waals surface area contributed by atoms with E-state index < -0.39 is 28.9 Å². The molecule has 0 aliphatic heterocycles. The van der Waals surface area contributed by atoms with E-state index in [2.05, 4.69) is 27.0 Å². The molecular formula is C43H76N4O10S. The van der Waals surface area contributed by atoms with Gasteiger partial charge in [-0.05, 0) is 119 Å². The fourth-order valence-electron chi connectivity index (χ4n) is 4.38. The molecule has 0 spiro atoms. The van der Waals surface area contributed by atoms with Gasteiger partial charge in [-0.15, -0.1) is 11.3 Å². The van der Waals surface area contributed by atoms with E-state index in [9.17, 15) is 24.0 Å². The summed E-state index contributed by atoms with van der Waals surface area (Å²) in [5, 5.41) is 25.5. The van der Waals surface area contributed by atoms with Gasteiger partial charge < -0.3 is 45.2 Å². The van der Waals surface area contributed by atoms with E-state index in [-0.39, 0.29) is 30.6 Å². The lowest BCUT2D eigenvalue weighted by Gasteiger charge is -2.19. The van der Waals surface area contributed by atoms with Crippen molar-refractivity contribution in [3.8, 4) is 0 Å². The molecule has 0 unspecified atom stereocenters. The number of para-hydroxylation sites is 1. The Labute approximate surface area is 352 Å². The highest BCUT2D eigenvalue weighted by molar-refractivity contribution is 7.16. The molecule has 0 saturated heterocycles. The molecule has 5 N–H and O–H groups in total. The first-order valence-electron chi connectivity index (χ1n) is 20.4. The highest BCUT2D eigenvalue weighted by atomic mass is 32.1. The molecule has 15 heteroatoms. The summed E-state index contributed by atoms with van der Waals surface area (Å²) in [4.78, 5) is 58.7. The molecule has 0 aliphatic rings. The van der Waals surface area contributed by atoms with Gasteiger partial charge in [-0.3, -0.25) is 4.79 Å². The lowest BCUT2D eigenvalue weighted by atomic mass is 10.0. The number of hydrogen-bond acceptors (Lipinski definition) is 11. The molecule has 2 aromatic rings. The van der Waals surface area contributed by atoms with Crippen molar-refractivity contribution in [1.82, 2.24) is 20.9 Å². The number of hydrogen-bond donors (Lipinski definition) is 5. The number of aliphatic carboxylic acids is 1. The van der Waals surface area contributed by atoms with Gasteiger partial charge in [0, 0.05) is 32.2 Å². The number of fused-ring (bicyclic) bond motifs is 1. The van der Waals surface area contributed by atoms with Gasteiger partial charge in [-0.25, -0.2) is 19.4 Å². The molecule has 1 heterocycles. The van der Waals surface area contributed by atoms with Crippen LogP contribution in [0.1, 0.15) is 141 Å². The second kappa shape index (κ2) is 31.0. The minimum atomic E-state index is -0.773. The molecule has 0 saturated carbocycles. The van der Waals surface area contributed by atoms with E-state index >= 15 is 0 Å². The van der Waals surface area contributed by atoms with E-state index in [1.807, 2.05) is 79.1 Å². The molecule has 14 nitrogen and oxygen atoms in total. The van der Waals surface area contributed by atoms with Crippen molar-refractivity contribution in [2.45, 2.75) is 158 Å². The predicted octanol–water partition coefficient (Wildman–Crippen LogP) is 9.52. The normalized spacial score (nSPS) is 12.6. The van der Waals surface area contributed by atoms with Crippen LogP contribution in [-0.4, -0.2) is 88.8 Å². The highest BCUT2D eigenvalue weighted by Crippen LogP contribution is 2.15. The molecule has 0 fully saturated rings. The molecule has 3 amide bonds. The van der Waals surface area contributed by atoms with Crippen LogP contribution in [0.4, 0.5) is 14.4 Å². The van der Waals surface area contributed by atoms with Gasteiger partial charge in [0.1, 0.15) is 23.1 Å². The fraction of sp³-hybridized carbons (Fsp3) is 0.721. The number of benzene rings is 1. The van der Waals surface area contributed by atoms with Gasteiger partial charge in [0.2, 0.25) is 0 Å². The molecule has 1 aromatic carbocycles. The number of amides is 3. The Kier molecular flexibility index (Phi) is 30.0. The van der Waals surface area contributed by atoms with Crippen molar-refractivity contribution >= 4 is 52.1 Å². The molecule has 3 atom stereocenters. The first-order valence-corrected chi connectivity index (χ1v) is 21.2. The lowest BCUT2D eigenvalue weighted by Crippen LogP contribution is -2.33. The number of thiazole rings is 1. The number of nitrogens with one attached hydrogen (secondary N) is 3. The van der Waals surface area contributed by atoms with Crippen LogP contribution in [-0.2, 0) is 23.8 Å². The van der Waals surface area contributed by atoms with E-state index in [1.54, 1.807) is 39.0 Å². The molecule has 334 valence electrons. The Bertz CT molecular complexity index is 1390. The number of carbonyl (C=O) groups excluding carboxylic acids is 4. The van der Waals surface area contributed by atoms with Crippen molar-refractivity contribution < 1.29 is 48.4 Å². The molecule has 2 rings (SSSR count). The third-order valence-electron chi connectivity index (χ3n) is 7.48. The summed E-state index contributed by atoms with van der Waals surface area (Å²) in [5.74, 6) is -0.635. The number of carboxylic acids is 1. The maximum atomic E-state index is 11.2. The van der Waals surface area contributed by atoms with E-state index in [4.69, 9.17) is 24.4 Å². The summed E-state index contributed by atoms with van der Waals surface area (Å²) in [5.41, 5.74) is 1.60. The van der Waals surface area contributed by atoms with E-state index in [0.717, 1.165) is 63.2 Å². The van der Waals surface area contributed by atoms with Crippen LogP contribution in [0.2, 0.25) is 0 Å². The minimum Gasteiger partial charge on any atom is -0.481 e. The van der Waals surface area contributed by atoms with Crippen LogP contribution in [0, 0.1) is 17.8 Å². The summed E-state index contributed by atoms with van der Waals surface area (Å²) in [6.45, 7) is 24.0. The van der Waals surface area contributed by atoms with Crippen molar-refractivity contribution in [3.63, 3.8) is 0 Å². The average molecular weight is 841 g/mol. The first-order chi connectivity index (χ1) is 26.9. The number of rotatable bonds is 18. The largest absolute Gasteiger partial charge is 0.481 e. The number of unbranched alkanes of at least 4 members (excludes halogenated alkanes) is 3. The van der Waals surface area contributed by atoms with Crippen LogP contribution in [0.5, 0.6) is 0 Å². The summed E-state index contributed by atoms with van der Waals surface area (Å²) >= 11 is 1.68. The Morgan fingerprint density at radius 3 is 1.48 bits per heavy atom. The van der Waals surface area contributed by atoms with Crippen LogP contribution in [0.25, 0.3) is 10.2 Å². The predicted molar refractivity (Wildman–Crippen MR) is 232 cm³/mol. The molecule has 0 aliphatic carbocycles. The lowest BCUT2D eigenvalue weighted by molar-refractivity contribution is -0.141. The van der Waals surface area contributed by atoms with Gasteiger partial charge in [0.05, 0.1) is 21.6 Å². The second-order valence-electron chi connectivity index (χ2n) is 17.2. The highest BCUT2D eigenvalue weighted by Gasteiger charge is 2.17. The monoisotopic (exact) mass is 841 g/mol. The number of aromatic nitrogens is 1. The minimum absolute atomic E-state index is 0.113. The molecule has 0 radical (unpaired) electrons. The van der Waals surface area contributed by atoms with Crippen molar-refractivity contribution in [2.24, 2.45) is 17.8 Å². The third kappa shape index (κ3) is 37.6. The molecular weight excluding hydrogens is 765 g/mol. The van der Waals surface area contributed by atoms with Gasteiger partial charge in [0.15, 0.2) is 0 Å². The number of carbonyl (C=O) groups is 5. The van der Waals surface area contributed by atoms with Gasteiger partial charge in [0.25, 0.3) is 0 Å². The summed E-state index contributed by atoms with van der Waals surface area (Å²) in [6.07, 6.45) is 7.58. The molecule has 58 heavy (non-hydrogen) atoms. The second-order valence-corrected chi connectivity index (χ2v) is 18.1. The average Bonchev–Trinajstić information content (AvgIpc) is 3.58. The standard InChI is InChI=1S/C12H23NO4.C12H25NO3.C12H23NO3.C7H5NS/c1-9(10(14)15)7-5-6-8-13-11(16)17-12(2,3)4;2*1-10(9-14)7-5-6-8-13-11(15)16-12(2,3)4;1-2-4-7-6(3-1)8-5-9-7/h9H,5-8H2,1-4H3,(H,13,16)(H,14,15);10,14H,5-9H2,1-4H3,(H,13,15);9-10H,5-8H2,1-4H3,(H,13,15);1-5H/t9-;2*10-;/m000./s1. The van der Waals surface area contributed by atoms with Gasteiger partial charge in [-0.1, -0.05) is 52.2 Å². The number of aliphatic hydroxyl groups is 1. The topological polar surface area (TPSA) is 202 Å². The third-order valence-corrected chi connectivity index (χ3v) is 8.29. The smallest absolute Gasteiger partial charge is 0.407 e. The first kappa shape index (κ1) is 56.1. The number of nitrogens with zero attached hydrogens (tertiary/aromatic N) is 1. The summed E-state index contributed by atoms with van der Waals surface area (Å²) < 4.78 is 16.5. The fourth-order valence-corrected chi connectivity index (χ4v) is 5.06. The van der Waals surface area contributed by atoms with Crippen molar-refractivity contribution in [3.05, 3.63) is 29.8 Å². The van der Waals surface area contributed by atoms with Crippen LogP contribution < -0.4 is 16.0 Å². The molecule has 1 aromatic heterocycles. The summed E-state index contributed by atoms with van der Waals surface area (Å²) in [7, 11) is 0. The van der Waals surface area contributed by atoms with E-state index in [1.165, 1.54) is 4.70 Å². The maximum absolute atomic E-state index is 11.2. The zero-order valence-corrected chi connectivity index (χ0v) is 38.2. The van der Waals surface area contributed by atoms with Gasteiger partial charge >= 0.3 is 24.2 Å².